The third-order valence-corrected chi connectivity index (χ3v) is 4.57. The molecule has 0 radical (unpaired) electrons. The van der Waals surface area contributed by atoms with E-state index < -0.39 is 24.0 Å². The standard InChI is InChI=1S/C16H16BrNO5/c17-11-3-4-13-9(7-11)6-10(8-23-13)15(20)18-5-1-2-12(19)14(18)16(21)22/h3-4,6-7,12,14,19H,1-2,5,8H2,(H,21,22). The van der Waals surface area contributed by atoms with Crippen LogP contribution in [0.4, 0.5) is 0 Å². The first-order chi connectivity index (χ1) is 11.0. The molecule has 23 heavy (non-hydrogen) atoms. The number of rotatable bonds is 2. The SMILES string of the molecule is O=C(O)C1C(O)CCCN1C(=O)C1=Cc2cc(Br)ccc2OC1. The predicted molar refractivity (Wildman–Crippen MR) is 86.0 cm³/mol. The van der Waals surface area contributed by atoms with Gasteiger partial charge in [-0.15, -0.1) is 0 Å². The molecule has 2 N–H and O–H groups in total. The van der Waals surface area contributed by atoms with Gasteiger partial charge in [-0.1, -0.05) is 15.9 Å². The van der Waals surface area contributed by atoms with Crippen LogP contribution in [0.5, 0.6) is 5.75 Å². The van der Waals surface area contributed by atoms with Crippen LogP contribution < -0.4 is 4.74 Å². The summed E-state index contributed by atoms with van der Waals surface area (Å²) < 4.78 is 6.44. The molecule has 2 atom stereocenters. The first-order valence-corrected chi connectivity index (χ1v) is 8.11. The zero-order valence-corrected chi connectivity index (χ0v) is 13.8. The number of aliphatic hydroxyl groups is 1. The van der Waals surface area contributed by atoms with Gasteiger partial charge in [0.1, 0.15) is 12.4 Å². The molecule has 1 aromatic carbocycles. The van der Waals surface area contributed by atoms with Crippen LogP contribution in [0.25, 0.3) is 6.08 Å². The summed E-state index contributed by atoms with van der Waals surface area (Å²) in [6, 6.07) is 4.28. The van der Waals surface area contributed by atoms with E-state index in [9.17, 15) is 19.8 Å². The Balaban J connectivity index is 1.89. The number of fused-ring (bicyclic) bond motifs is 1. The Morgan fingerprint density at radius 1 is 1.35 bits per heavy atom. The summed E-state index contributed by atoms with van der Waals surface area (Å²) in [5.74, 6) is -0.911. The van der Waals surface area contributed by atoms with E-state index in [0.29, 0.717) is 30.7 Å². The average Bonchev–Trinajstić information content (AvgIpc) is 2.52. The van der Waals surface area contributed by atoms with Crippen molar-refractivity contribution in [3.8, 4) is 5.75 Å². The molecule has 0 bridgehead atoms. The molecule has 2 aliphatic rings. The number of nitrogens with zero attached hydrogens (tertiary/aromatic N) is 1. The molecule has 2 unspecified atom stereocenters. The van der Waals surface area contributed by atoms with Crippen LogP contribution in [0.3, 0.4) is 0 Å². The summed E-state index contributed by atoms with van der Waals surface area (Å²) >= 11 is 3.37. The molecule has 0 saturated carbocycles. The maximum absolute atomic E-state index is 12.7. The van der Waals surface area contributed by atoms with Crippen molar-refractivity contribution in [3.05, 3.63) is 33.8 Å². The summed E-state index contributed by atoms with van der Waals surface area (Å²) in [4.78, 5) is 25.3. The maximum atomic E-state index is 12.7. The van der Waals surface area contributed by atoms with Crippen molar-refractivity contribution in [2.75, 3.05) is 13.2 Å². The van der Waals surface area contributed by atoms with E-state index >= 15 is 0 Å². The molecule has 1 saturated heterocycles. The summed E-state index contributed by atoms with van der Waals surface area (Å²) in [6.07, 6.45) is 1.63. The number of ether oxygens (including phenoxy) is 1. The third-order valence-electron chi connectivity index (χ3n) is 4.07. The predicted octanol–water partition coefficient (Wildman–Crippen LogP) is 1.66. The average molecular weight is 382 g/mol. The van der Waals surface area contributed by atoms with E-state index in [2.05, 4.69) is 15.9 Å². The number of halogens is 1. The van der Waals surface area contributed by atoms with Gasteiger partial charge in [-0.2, -0.15) is 0 Å². The Morgan fingerprint density at radius 3 is 2.87 bits per heavy atom. The van der Waals surface area contributed by atoms with Gasteiger partial charge in [0.2, 0.25) is 0 Å². The fraction of sp³-hybridized carbons (Fsp3) is 0.375. The first kappa shape index (κ1) is 16.0. The first-order valence-electron chi connectivity index (χ1n) is 7.32. The third kappa shape index (κ3) is 3.11. The van der Waals surface area contributed by atoms with Crippen molar-refractivity contribution in [3.63, 3.8) is 0 Å². The molecule has 0 spiro atoms. The maximum Gasteiger partial charge on any atom is 0.329 e. The Kier molecular flexibility index (Phi) is 4.41. The van der Waals surface area contributed by atoms with Crippen LogP contribution >= 0.6 is 15.9 Å². The number of amides is 1. The summed E-state index contributed by atoms with van der Waals surface area (Å²) in [5, 5.41) is 19.2. The number of likely N-dealkylation sites (tertiary alicyclic amines) is 1. The van der Waals surface area contributed by atoms with Crippen molar-refractivity contribution in [2.45, 2.75) is 25.0 Å². The largest absolute Gasteiger partial charge is 0.488 e. The minimum absolute atomic E-state index is 0.0897. The monoisotopic (exact) mass is 381 g/mol. The molecule has 1 amide bonds. The fourth-order valence-electron chi connectivity index (χ4n) is 2.96. The Hall–Kier alpha value is -1.86. The van der Waals surface area contributed by atoms with Crippen LogP contribution in [0, 0.1) is 0 Å². The van der Waals surface area contributed by atoms with E-state index in [-0.39, 0.29) is 6.61 Å². The van der Waals surface area contributed by atoms with Gasteiger partial charge in [0.05, 0.1) is 11.7 Å². The zero-order valence-electron chi connectivity index (χ0n) is 12.2. The second-order valence-electron chi connectivity index (χ2n) is 5.63. The molecular weight excluding hydrogens is 366 g/mol. The molecule has 1 aromatic rings. The Labute approximate surface area is 141 Å². The molecule has 122 valence electrons. The van der Waals surface area contributed by atoms with Crippen molar-refractivity contribution in [1.82, 2.24) is 4.90 Å². The lowest BCUT2D eigenvalue weighted by Crippen LogP contribution is -2.55. The topological polar surface area (TPSA) is 87.1 Å². The van der Waals surface area contributed by atoms with Crippen LogP contribution in [-0.4, -0.2) is 52.3 Å². The van der Waals surface area contributed by atoms with E-state index in [1.165, 1.54) is 4.90 Å². The molecule has 7 heteroatoms. The Morgan fingerprint density at radius 2 is 2.13 bits per heavy atom. The highest BCUT2D eigenvalue weighted by Gasteiger charge is 2.39. The molecule has 0 aromatic heterocycles. The van der Waals surface area contributed by atoms with Gasteiger partial charge in [-0.25, -0.2) is 4.79 Å². The highest BCUT2D eigenvalue weighted by molar-refractivity contribution is 9.10. The van der Waals surface area contributed by atoms with Gasteiger partial charge in [-0.05, 0) is 37.1 Å². The number of hydrogen-bond acceptors (Lipinski definition) is 4. The normalized spacial score (nSPS) is 23.6. The minimum atomic E-state index is -1.21. The molecule has 2 aliphatic heterocycles. The van der Waals surface area contributed by atoms with Gasteiger partial charge >= 0.3 is 5.97 Å². The highest BCUT2D eigenvalue weighted by Crippen LogP contribution is 2.30. The van der Waals surface area contributed by atoms with E-state index in [4.69, 9.17) is 4.74 Å². The summed E-state index contributed by atoms with van der Waals surface area (Å²) in [6.45, 7) is 0.405. The van der Waals surface area contributed by atoms with Crippen LogP contribution in [0.2, 0.25) is 0 Å². The Bertz CT molecular complexity index is 687. The van der Waals surface area contributed by atoms with E-state index in [0.717, 1.165) is 10.0 Å². The minimum Gasteiger partial charge on any atom is -0.488 e. The molecule has 1 fully saturated rings. The number of benzene rings is 1. The number of hydrogen-bond donors (Lipinski definition) is 2. The van der Waals surface area contributed by atoms with Gasteiger partial charge in [0, 0.05) is 16.6 Å². The van der Waals surface area contributed by atoms with Crippen molar-refractivity contribution in [2.24, 2.45) is 0 Å². The quantitative estimate of drug-likeness (QED) is 0.813. The highest BCUT2D eigenvalue weighted by atomic mass is 79.9. The van der Waals surface area contributed by atoms with Gasteiger partial charge < -0.3 is 19.8 Å². The molecule has 0 aliphatic carbocycles. The zero-order chi connectivity index (χ0) is 16.6. The van der Waals surface area contributed by atoms with Crippen LogP contribution in [0.15, 0.2) is 28.2 Å². The second-order valence-corrected chi connectivity index (χ2v) is 6.55. The number of carboxylic acids is 1. The van der Waals surface area contributed by atoms with E-state index in [1.54, 1.807) is 6.08 Å². The van der Waals surface area contributed by atoms with Crippen LogP contribution in [-0.2, 0) is 9.59 Å². The van der Waals surface area contributed by atoms with Gasteiger partial charge in [0.25, 0.3) is 5.91 Å². The number of carbonyl (C=O) groups excluding carboxylic acids is 1. The number of aliphatic hydroxyl groups excluding tert-OH is 1. The van der Waals surface area contributed by atoms with E-state index in [1.807, 2.05) is 18.2 Å². The molecular formula is C16H16BrNO5. The van der Waals surface area contributed by atoms with Crippen molar-refractivity contribution < 1.29 is 24.5 Å². The molecule has 3 rings (SSSR count). The second kappa shape index (κ2) is 6.33. The molecule has 6 nitrogen and oxygen atoms in total. The van der Waals surface area contributed by atoms with Gasteiger partial charge in [-0.3, -0.25) is 4.79 Å². The lowest BCUT2D eigenvalue weighted by Gasteiger charge is -2.37. The van der Waals surface area contributed by atoms with Gasteiger partial charge in [0.15, 0.2) is 6.04 Å². The number of carboxylic acid groups (broad SMARTS) is 1. The van der Waals surface area contributed by atoms with Crippen molar-refractivity contribution >= 4 is 33.9 Å². The summed E-state index contributed by atoms with van der Waals surface area (Å²) in [7, 11) is 0. The summed E-state index contributed by atoms with van der Waals surface area (Å²) in [5.41, 5.74) is 1.15. The lowest BCUT2D eigenvalue weighted by molar-refractivity contribution is -0.156. The fourth-order valence-corrected chi connectivity index (χ4v) is 3.34. The lowest BCUT2D eigenvalue weighted by atomic mass is 9.97. The molecule has 2 heterocycles. The number of piperidine rings is 1. The van der Waals surface area contributed by atoms with Crippen LogP contribution in [0.1, 0.15) is 18.4 Å². The van der Waals surface area contributed by atoms with Crippen molar-refractivity contribution in [1.29, 1.82) is 0 Å². The number of carbonyl (C=O) groups is 2. The smallest absolute Gasteiger partial charge is 0.329 e. The number of aliphatic carboxylic acids is 1.